The van der Waals surface area contributed by atoms with Crippen LogP contribution >= 0.6 is 0 Å². The molecule has 0 aromatic rings. The molecule has 0 saturated heterocycles. The molecule has 4 N–H and O–H groups in total. The Morgan fingerprint density at radius 1 is 1.20 bits per heavy atom. The molecule has 2 amide bonds. The summed E-state index contributed by atoms with van der Waals surface area (Å²) in [6.07, 6.45) is 1.69. The molecule has 0 aromatic heterocycles. The van der Waals surface area contributed by atoms with Gasteiger partial charge in [-0.15, -0.1) is 0 Å². The van der Waals surface area contributed by atoms with Crippen molar-refractivity contribution in [3.8, 4) is 0 Å². The molecule has 0 bridgehead atoms. The second-order valence-electron chi connectivity index (χ2n) is 3.60. The van der Waals surface area contributed by atoms with Gasteiger partial charge in [0.25, 0.3) is 0 Å². The first kappa shape index (κ1) is 13.9. The number of hydrogen-bond donors (Lipinski definition) is 2. The summed E-state index contributed by atoms with van der Waals surface area (Å²) >= 11 is 0. The Labute approximate surface area is 90.8 Å². The summed E-state index contributed by atoms with van der Waals surface area (Å²) in [5.41, 5.74) is 10.6. The van der Waals surface area contributed by atoms with E-state index in [-0.39, 0.29) is 12.3 Å². The normalized spacial score (nSPS) is 12.2. The fourth-order valence-corrected chi connectivity index (χ4v) is 1.41. The zero-order valence-electron chi connectivity index (χ0n) is 9.53. The fraction of sp³-hybridized carbons (Fsp3) is 0.800. The van der Waals surface area contributed by atoms with Gasteiger partial charge < -0.3 is 16.4 Å². The molecular formula is C10H21N3O2. The highest BCUT2D eigenvalue weighted by Crippen LogP contribution is 2.00. The van der Waals surface area contributed by atoms with Gasteiger partial charge in [0.05, 0.1) is 12.5 Å². The predicted molar refractivity (Wildman–Crippen MR) is 58.9 cm³/mol. The highest BCUT2D eigenvalue weighted by Gasteiger charge is 2.21. The number of amides is 2. The second-order valence-corrected chi connectivity index (χ2v) is 3.60. The van der Waals surface area contributed by atoms with E-state index in [4.69, 9.17) is 11.5 Å². The molecule has 88 valence electrons. The van der Waals surface area contributed by atoms with Gasteiger partial charge in [-0.1, -0.05) is 13.8 Å². The van der Waals surface area contributed by atoms with Gasteiger partial charge in [-0.05, 0) is 12.8 Å². The molecule has 0 fully saturated rings. The quantitative estimate of drug-likeness (QED) is 0.618. The molecule has 5 heteroatoms. The number of nitrogens with zero attached hydrogens (tertiary/aromatic N) is 1. The van der Waals surface area contributed by atoms with E-state index < -0.39 is 11.9 Å². The Morgan fingerprint density at radius 3 is 2.00 bits per heavy atom. The van der Waals surface area contributed by atoms with Crippen LogP contribution in [0.3, 0.4) is 0 Å². The highest BCUT2D eigenvalue weighted by atomic mass is 16.2. The van der Waals surface area contributed by atoms with Crippen LogP contribution in [0.15, 0.2) is 0 Å². The molecule has 0 aliphatic heterocycles. The molecule has 1 unspecified atom stereocenters. The third-order valence-electron chi connectivity index (χ3n) is 2.04. The SMILES string of the molecule is CCCN(CCC)C(=O)C(N)CC(N)=O. The highest BCUT2D eigenvalue weighted by molar-refractivity contribution is 5.87. The van der Waals surface area contributed by atoms with Gasteiger partial charge in [0.1, 0.15) is 0 Å². The minimum atomic E-state index is -0.791. The molecule has 0 heterocycles. The maximum atomic E-state index is 11.8. The minimum absolute atomic E-state index is 0.0806. The van der Waals surface area contributed by atoms with Crippen LogP contribution in [-0.4, -0.2) is 35.8 Å². The fourth-order valence-electron chi connectivity index (χ4n) is 1.41. The van der Waals surface area contributed by atoms with Crippen molar-refractivity contribution in [2.75, 3.05) is 13.1 Å². The van der Waals surface area contributed by atoms with Crippen molar-refractivity contribution in [2.45, 2.75) is 39.2 Å². The molecule has 0 aliphatic carbocycles. The molecule has 0 saturated carbocycles. The van der Waals surface area contributed by atoms with E-state index in [0.717, 1.165) is 12.8 Å². The second kappa shape index (κ2) is 7.23. The first-order valence-corrected chi connectivity index (χ1v) is 5.35. The molecule has 1 atom stereocenters. The van der Waals surface area contributed by atoms with E-state index >= 15 is 0 Å². The van der Waals surface area contributed by atoms with Crippen LogP contribution in [-0.2, 0) is 9.59 Å². The average molecular weight is 215 g/mol. The summed E-state index contributed by atoms with van der Waals surface area (Å²) in [6, 6.07) is -0.791. The van der Waals surface area contributed by atoms with Crippen LogP contribution in [0.25, 0.3) is 0 Å². The smallest absolute Gasteiger partial charge is 0.240 e. The van der Waals surface area contributed by atoms with Crippen LogP contribution in [0.5, 0.6) is 0 Å². The number of nitrogens with two attached hydrogens (primary N) is 2. The molecule has 5 nitrogen and oxygen atoms in total. The Kier molecular flexibility index (Phi) is 6.70. The van der Waals surface area contributed by atoms with E-state index in [1.165, 1.54) is 0 Å². The predicted octanol–water partition coefficient (Wildman–Crippen LogP) is -0.162. The number of primary amides is 1. The lowest BCUT2D eigenvalue weighted by molar-refractivity contribution is -0.134. The monoisotopic (exact) mass is 215 g/mol. The number of hydrogen-bond acceptors (Lipinski definition) is 3. The van der Waals surface area contributed by atoms with Gasteiger partial charge in [-0.3, -0.25) is 9.59 Å². The number of carbonyl (C=O) groups excluding carboxylic acids is 2. The Balaban J connectivity index is 4.27. The van der Waals surface area contributed by atoms with Crippen LogP contribution < -0.4 is 11.5 Å². The van der Waals surface area contributed by atoms with Crippen molar-refractivity contribution in [1.82, 2.24) is 4.90 Å². The van der Waals surface area contributed by atoms with Gasteiger partial charge in [-0.2, -0.15) is 0 Å². The Hall–Kier alpha value is -1.10. The van der Waals surface area contributed by atoms with Crippen molar-refractivity contribution in [2.24, 2.45) is 11.5 Å². The molecule has 15 heavy (non-hydrogen) atoms. The molecule has 0 aromatic carbocycles. The van der Waals surface area contributed by atoms with E-state index in [0.29, 0.717) is 13.1 Å². The topological polar surface area (TPSA) is 89.4 Å². The standard InChI is InChI=1S/C10H21N3O2/c1-3-5-13(6-4-2)10(15)8(11)7-9(12)14/h8H,3-7,11H2,1-2H3,(H2,12,14). The summed E-state index contributed by atoms with van der Waals surface area (Å²) in [5, 5.41) is 0. The van der Waals surface area contributed by atoms with Crippen molar-refractivity contribution < 1.29 is 9.59 Å². The van der Waals surface area contributed by atoms with E-state index in [9.17, 15) is 9.59 Å². The minimum Gasteiger partial charge on any atom is -0.370 e. The van der Waals surface area contributed by atoms with Gasteiger partial charge >= 0.3 is 0 Å². The largest absolute Gasteiger partial charge is 0.370 e. The van der Waals surface area contributed by atoms with Gasteiger partial charge in [0.15, 0.2) is 0 Å². The summed E-state index contributed by atoms with van der Waals surface area (Å²) in [7, 11) is 0. The number of carbonyl (C=O) groups is 2. The molecule has 0 radical (unpaired) electrons. The van der Waals surface area contributed by atoms with Crippen molar-refractivity contribution in [1.29, 1.82) is 0 Å². The zero-order chi connectivity index (χ0) is 11.8. The van der Waals surface area contributed by atoms with E-state index in [1.54, 1.807) is 4.90 Å². The lowest BCUT2D eigenvalue weighted by Gasteiger charge is -2.24. The lowest BCUT2D eigenvalue weighted by Crippen LogP contribution is -2.46. The molecule has 0 rings (SSSR count). The van der Waals surface area contributed by atoms with Gasteiger partial charge in [0, 0.05) is 13.1 Å². The Bertz CT molecular complexity index is 213. The van der Waals surface area contributed by atoms with Crippen molar-refractivity contribution >= 4 is 11.8 Å². The summed E-state index contributed by atoms with van der Waals surface area (Å²) in [5.74, 6) is -0.721. The molecular weight excluding hydrogens is 194 g/mol. The maximum absolute atomic E-state index is 11.8. The van der Waals surface area contributed by atoms with E-state index in [2.05, 4.69) is 0 Å². The van der Waals surface area contributed by atoms with Crippen molar-refractivity contribution in [3.63, 3.8) is 0 Å². The summed E-state index contributed by atoms with van der Waals surface area (Å²) in [4.78, 5) is 24.1. The molecule has 0 aliphatic rings. The average Bonchev–Trinajstić information content (AvgIpc) is 2.15. The zero-order valence-corrected chi connectivity index (χ0v) is 9.53. The summed E-state index contributed by atoms with van der Waals surface area (Å²) < 4.78 is 0. The lowest BCUT2D eigenvalue weighted by atomic mass is 10.1. The van der Waals surface area contributed by atoms with Crippen LogP contribution in [0, 0.1) is 0 Å². The van der Waals surface area contributed by atoms with Crippen molar-refractivity contribution in [3.05, 3.63) is 0 Å². The maximum Gasteiger partial charge on any atom is 0.240 e. The summed E-state index contributed by atoms with van der Waals surface area (Å²) in [6.45, 7) is 5.35. The van der Waals surface area contributed by atoms with Crippen LogP contribution in [0.1, 0.15) is 33.1 Å². The van der Waals surface area contributed by atoms with Crippen LogP contribution in [0.4, 0.5) is 0 Å². The molecule has 0 spiro atoms. The Morgan fingerprint density at radius 2 is 1.67 bits per heavy atom. The van der Waals surface area contributed by atoms with Gasteiger partial charge in [0.2, 0.25) is 11.8 Å². The van der Waals surface area contributed by atoms with Gasteiger partial charge in [-0.25, -0.2) is 0 Å². The van der Waals surface area contributed by atoms with Crippen LogP contribution in [0.2, 0.25) is 0 Å². The number of rotatable bonds is 7. The first-order valence-electron chi connectivity index (χ1n) is 5.35. The first-order chi connectivity index (χ1) is 7.02. The van der Waals surface area contributed by atoms with E-state index in [1.807, 2.05) is 13.8 Å². The third-order valence-corrected chi connectivity index (χ3v) is 2.04. The third kappa shape index (κ3) is 5.37.